The number of hydrogen-bond acceptors (Lipinski definition) is 2. The third-order valence-electron chi connectivity index (χ3n) is 3.59. The van der Waals surface area contributed by atoms with Crippen LogP contribution >= 0.6 is 23.2 Å². The fourth-order valence-electron chi connectivity index (χ4n) is 2.37. The van der Waals surface area contributed by atoms with E-state index in [-0.39, 0.29) is 12.1 Å². The second-order valence-corrected chi connectivity index (χ2v) is 5.81. The summed E-state index contributed by atoms with van der Waals surface area (Å²) in [4.78, 5) is 0. The highest BCUT2D eigenvalue weighted by Crippen LogP contribution is 2.29. The van der Waals surface area contributed by atoms with E-state index < -0.39 is 0 Å². The van der Waals surface area contributed by atoms with Gasteiger partial charge in [-0.15, -0.1) is 0 Å². The van der Waals surface area contributed by atoms with E-state index in [1.165, 1.54) is 0 Å². The van der Waals surface area contributed by atoms with Crippen molar-refractivity contribution in [1.82, 2.24) is 9.78 Å². The summed E-state index contributed by atoms with van der Waals surface area (Å²) in [5, 5.41) is 5.96. The van der Waals surface area contributed by atoms with Crippen molar-refractivity contribution in [3.63, 3.8) is 0 Å². The number of rotatable bonds is 4. The normalized spacial score (nSPS) is 14.3. The predicted octanol–water partition coefficient (Wildman–Crippen LogP) is 4.13. The molecule has 1 aromatic heterocycles. The highest BCUT2D eigenvalue weighted by molar-refractivity contribution is 6.31. The van der Waals surface area contributed by atoms with Crippen molar-refractivity contribution in [1.29, 1.82) is 0 Å². The van der Waals surface area contributed by atoms with E-state index in [2.05, 4.69) is 12.0 Å². The molecule has 3 nitrogen and oxygen atoms in total. The van der Waals surface area contributed by atoms with Gasteiger partial charge < -0.3 is 5.73 Å². The molecule has 2 aromatic rings. The highest BCUT2D eigenvalue weighted by Gasteiger charge is 2.24. The molecule has 1 heterocycles. The minimum Gasteiger partial charge on any atom is -0.326 e. The Morgan fingerprint density at radius 1 is 1.20 bits per heavy atom. The van der Waals surface area contributed by atoms with Crippen LogP contribution in [0.3, 0.4) is 0 Å². The maximum absolute atomic E-state index is 6.31. The molecule has 0 aliphatic rings. The van der Waals surface area contributed by atoms with Crippen LogP contribution in [0.1, 0.15) is 36.3 Å². The summed E-state index contributed by atoms with van der Waals surface area (Å²) >= 11 is 12.2. The molecule has 0 amide bonds. The summed E-state index contributed by atoms with van der Waals surface area (Å²) in [6.07, 6.45) is 0.850. The monoisotopic (exact) mass is 311 g/mol. The largest absolute Gasteiger partial charge is 0.326 e. The lowest BCUT2D eigenvalue weighted by Gasteiger charge is -2.25. The molecule has 0 saturated heterocycles. The van der Waals surface area contributed by atoms with Gasteiger partial charge in [0.25, 0.3) is 0 Å². The van der Waals surface area contributed by atoms with Crippen molar-refractivity contribution in [2.24, 2.45) is 5.73 Å². The second kappa shape index (κ2) is 6.17. The van der Waals surface area contributed by atoms with Crippen molar-refractivity contribution in [3.8, 4) is 0 Å². The van der Waals surface area contributed by atoms with Crippen LogP contribution in [0.15, 0.2) is 24.3 Å². The smallest absolute Gasteiger partial charge is 0.0922 e. The Bertz CT molecular complexity index is 590. The zero-order chi connectivity index (χ0) is 14.9. The molecule has 0 radical (unpaired) electrons. The zero-order valence-corrected chi connectivity index (χ0v) is 13.4. The van der Waals surface area contributed by atoms with E-state index in [9.17, 15) is 0 Å². The van der Waals surface area contributed by atoms with Crippen molar-refractivity contribution < 1.29 is 0 Å². The quantitative estimate of drug-likeness (QED) is 0.922. The Morgan fingerprint density at radius 3 is 2.25 bits per heavy atom. The lowest BCUT2D eigenvalue weighted by Crippen LogP contribution is -2.33. The molecular weight excluding hydrogens is 293 g/mol. The first-order chi connectivity index (χ1) is 9.45. The number of nitrogens with two attached hydrogens (primary N) is 1. The maximum Gasteiger partial charge on any atom is 0.0922 e. The van der Waals surface area contributed by atoms with Crippen LogP contribution in [0.2, 0.25) is 10.0 Å². The fraction of sp³-hybridized carbons (Fsp3) is 0.400. The van der Waals surface area contributed by atoms with Crippen LogP contribution in [-0.4, -0.2) is 15.8 Å². The van der Waals surface area contributed by atoms with Crippen molar-refractivity contribution in [2.45, 2.75) is 39.3 Å². The zero-order valence-electron chi connectivity index (χ0n) is 11.9. The van der Waals surface area contributed by atoms with Crippen molar-refractivity contribution >= 4 is 23.2 Å². The van der Waals surface area contributed by atoms with Gasteiger partial charge >= 0.3 is 0 Å². The van der Waals surface area contributed by atoms with Gasteiger partial charge in [0, 0.05) is 11.1 Å². The van der Waals surface area contributed by atoms with Crippen LogP contribution in [0, 0.1) is 13.8 Å². The van der Waals surface area contributed by atoms with Crippen LogP contribution in [0.5, 0.6) is 0 Å². The van der Waals surface area contributed by atoms with Gasteiger partial charge in [0.15, 0.2) is 0 Å². The molecule has 2 atom stereocenters. The summed E-state index contributed by atoms with van der Waals surface area (Å²) in [5.74, 6) is 0. The second-order valence-electron chi connectivity index (χ2n) is 5.00. The number of aryl methyl sites for hydroxylation is 1. The van der Waals surface area contributed by atoms with Crippen molar-refractivity contribution in [2.75, 3.05) is 0 Å². The molecule has 0 fully saturated rings. The van der Waals surface area contributed by atoms with Gasteiger partial charge in [-0.25, -0.2) is 0 Å². The summed E-state index contributed by atoms with van der Waals surface area (Å²) in [6.45, 7) is 5.94. The first kappa shape index (κ1) is 15.4. The van der Waals surface area contributed by atoms with Crippen LogP contribution < -0.4 is 5.73 Å². The van der Waals surface area contributed by atoms with E-state index >= 15 is 0 Å². The van der Waals surface area contributed by atoms with Crippen LogP contribution in [0.4, 0.5) is 0 Å². The van der Waals surface area contributed by atoms with Gasteiger partial charge in [0.1, 0.15) is 0 Å². The van der Waals surface area contributed by atoms with Gasteiger partial charge in [0.2, 0.25) is 0 Å². The average Bonchev–Trinajstić information content (AvgIpc) is 2.69. The SMILES string of the molecule is CCC(N)C(c1ccc(Cl)cc1)n1nc(C)c(Cl)c1C. The molecule has 108 valence electrons. The van der Waals surface area contributed by atoms with Gasteiger partial charge in [-0.3, -0.25) is 4.68 Å². The molecule has 0 aliphatic heterocycles. The van der Waals surface area contributed by atoms with E-state index in [0.717, 1.165) is 23.4 Å². The maximum atomic E-state index is 6.31. The molecule has 5 heteroatoms. The van der Waals surface area contributed by atoms with Gasteiger partial charge in [0.05, 0.1) is 22.5 Å². The van der Waals surface area contributed by atoms with E-state index in [1.54, 1.807) is 0 Å². The highest BCUT2D eigenvalue weighted by atomic mass is 35.5. The lowest BCUT2D eigenvalue weighted by atomic mass is 9.98. The van der Waals surface area contributed by atoms with Gasteiger partial charge in [-0.05, 0) is 38.0 Å². The van der Waals surface area contributed by atoms with E-state index in [4.69, 9.17) is 28.9 Å². The Kier molecular flexibility index (Phi) is 4.74. The molecule has 1 aromatic carbocycles. The Morgan fingerprint density at radius 2 is 1.80 bits per heavy atom. The third kappa shape index (κ3) is 2.85. The number of benzene rings is 1. The lowest BCUT2D eigenvalue weighted by molar-refractivity contribution is 0.415. The van der Waals surface area contributed by atoms with Crippen molar-refractivity contribution in [3.05, 3.63) is 51.3 Å². The van der Waals surface area contributed by atoms with E-state index in [0.29, 0.717) is 10.0 Å². The summed E-state index contributed by atoms with van der Waals surface area (Å²) in [5.41, 5.74) is 9.16. The molecule has 0 spiro atoms. The third-order valence-corrected chi connectivity index (χ3v) is 4.39. The van der Waals surface area contributed by atoms with Crippen LogP contribution in [-0.2, 0) is 0 Å². The van der Waals surface area contributed by atoms with Gasteiger partial charge in [-0.2, -0.15) is 5.10 Å². The minimum atomic E-state index is -0.0385. The van der Waals surface area contributed by atoms with Crippen LogP contribution in [0.25, 0.3) is 0 Å². The molecule has 2 unspecified atom stereocenters. The number of nitrogens with zero attached hydrogens (tertiary/aromatic N) is 2. The Balaban J connectivity index is 2.52. The molecule has 20 heavy (non-hydrogen) atoms. The number of aromatic nitrogens is 2. The van der Waals surface area contributed by atoms with Gasteiger partial charge in [-0.1, -0.05) is 42.3 Å². The first-order valence-electron chi connectivity index (χ1n) is 6.68. The molecule has 0 aliphatic carbocycles. The average molecular weight is 312 g/mol. The summed E-state index contributed by atoms with van der Waals surface area (Å²) in [6, 6.07) is 7.66. The topological polar surface area (TPSA) is 43.8 Å². The molecule has 2 rings (SSSR count). The molecular formula is C15H19Cl2N3. The number of halogens is 2. The Labute approximate surface area is 129 Å². The van der Waals surface area contributed by atoms with E-state index in [1.807, 2.05) is 42.8 Å². The molecule has 0 saturated carbocycles. The first-order valence-corrected chi connectivity index (χ1v) is 7.43. The molecule has 0 bridgehead atoms. The molecule has 2 N–H and O–H groups in total. The minimum absolute atomic E-state index is 0.0368. The Hall–Kier alpha value is -1.03. The standard InChI is InChI=1S/C15H19Cl2N3/c1-4-13(18)15(11-5-7-12(16)8-6-11)20-10(3)14(17)9(2)19-20/h5-8,13,15H,4,18H2,1-3H3. The number of hydrogen-bond donors (Lipinski definition) is 1. The predicted molar refractivity (Wildman–Crippen MR) is 84.6 cm³/mol. The summed E-state index contributed by atoms with van der Waals surface area (Å²) < 4.78 is 1.93. The summed E-state index contributed by atoms with van der Waals surface area (Å²) in [7, 11) is 0. The fourth-order valence-corrected chi connectivity index (χ4v) is 2.62.